The molecule has 0 bridgehead atoms. The largest absolute Gasteiger partial charge is 0.353 e. The van der Waals surface area contributed by atoms with Crippen LogP contribution in [0.1, 0.15) is 10.4 Å². The Morgan fingerprint density at radius 2 is 2.10 bits per heavy atom. The number of nitrogens with one attached hydrogen (secondary N) is 3. The fourth-order valence-corrected chi connectivity index (χ4v) is 3.92. The summed E-state index contributed by atoms with van der Waals surface area (Å²) in [5.41, 5.74) is 3.58. The summed E-state index contributed by atoms with van der Waals surface area (Å²) >= 11 is 1.49. The third-order valence-electron chi connectivity index (χ3n) is 4.69. The number of nitrogens with zero attached hydrogens (tertiary/aromatic N) is 3. The van der Waals surface area contributed by atoms with E-state index >= 15 is 0 Å². The molecule has 0 atom stereocenters. The number of benzene rings is 1. The number of hydrogen-bond acceptors (Lipinski definition) is 5. The van der Waals surface area contributed by atoms with Crippen LogP contribution in [0.2, 0.25) is 0 Å². The Balaban J connectivity index is 1.40. The minimum absolute atomic E-state index is 0.148. The number of rotatable bonds is 5. The van der Waals surface area contributed by atoms with Crippen molar-refractivity contribution in [2.24, 2.45) is 0 Å². The van der Waals surface area contributed by atoms with Gasteiger partial charge in [0.15, 0.2) is 5.69 Å². The number of amides is 1. The van der Waals surface area contributed by atoms with Gasteiger partial charge in [-0.05, 0) is 24.3 Å². The Bertz CT molecular complexity index is 1380. The van der Waals surface area contributed by atoms with Crippen LogP contribution in [-0.2, 0) is 6.54 Å². The highest BCUT2D eigenvalue weighted by atomic mass is 32.1. The minimum Gasteiger partial charge on any atom is -0.353 e. The fraction of sp³-hybridized carbons (Fsp3) is 0.100. The first-order chi connectivity index (χ1) is 14.2. The summed E-state index contributed by atoms with van der Waals surface area (Å²) in [7, 11) is 0. The Labute approximate surface area is 168 Å². The van der Waals surface area contributed by atoms with Crippen LogP contribution in [0.4, 0.5) is 0 Å². The third-order valence-corrected chi connectivity index (χ3v) is 5.42. The molecule has 4 heterocycles. The standard InChI is InChI=1S/C20H16N6O2S/c27-19(22-4-6-26-5-3-21-11-26)12-1-2-14-13(7-12)8-15(23-14)18-20(28)25-17-10-29-9-16(17)24-18/h1-3,5,7-11,23H,4,6H2,(H,22,27)(H,25,28). The topological polar surface area (TPSA) is 108 Å². The highest BCUT2D eigenvalue weighted by molar-refractivity contribution is 7.09. The van der Waals surface area contributed by atoms with Crippen LogP contribution in [0.3, 0.4) is 0 Å². The molecule has 8 nitrogen and oxygen atoms in total. The van der Waals surface area contributed by atoms with E-state index in [0.717, 1.165) is 21.9 Å². The number of aromatic amines is 2. The van der Waals surface area contributed by atoms with Crippen LogP contribution >= 0.6 is 11.3 Å². The van der Waals surface area contributed by atoms with Crippen LogP contribution in [0.15, 0.2) is 58.5 Å². The van der Waals surface area contributed by atoms with E-state index in [4.69, 9.17) is 0 Å². The van der Waals surface area contributed by atoms with Crippen molar-refractivity contribution in [2.75, 3.05) is 6.54 Å². The van der Waals surface area contributed by atoms with Gasteiger partial charge in [-0.15, -0.1) is 11.3 Å². The van der Waals surface area contributed by atoms with E-state index in [-0.39, 0.29) is 11.5 Å². The molecule has 0 aliphatic heterocycles. The molecule has 5 aromatic rings. The number of thiophene rings is 1. The lowest BCUT2D eigenvalue weighted by Gasteiger charge is -2.06. The van der Waals surface area contributed by atoms with Crippen LogP contribution in [0, 0.1) is 0 Å². The molecule has 0 saturated heterocycles. The summed E-state index contributed by atoms with van der Waals surface area (Å²) in [6.45, 7) is 1.16. The summed E-state index contributed by atoms with van der Waals surface area (Å²) in [5.74, 6) is -0.148. The lowest BCUT2D eigenvalue weighted by Crippen LogP contribution is -2.26. The molecular weight excluding hydrogens is 388 g/mol. The van der Waals surface area contributed by atoms with Gasteiger partial charge >= 0.3 is 0 Å². The van der Waals surface area contributed by atoms with Crippen molar-refractivity contribution in [3.8, 4) is 11.4 Å². The highest BCUT2D eigenvalue weighted by Crippen LogP contribution is 2.23. The highest BCUT2D eigenvalue weighted by Gasteiger charge is 2.13. The summed E-state index contributed by atoms with van der Waals surface area (Å²) in [5, 5.41) is 7.49. The van der Waals surface area contributed by atoms with Crippen LogP contribution in [-0.4, -0.2) is 37.0 Å². The second-order valence-electron chi connectivity index (χ2n) is 6.63. The maximum absolute atomic E-state index is 12.5. The maximum Gasteiger partial charge on any atom is 0.276 e. The van der Waals surface area contributed by atoms with Gasteiger partial charge in [-0.25, -0.2) is 9.97 Å². The summed E-state index contributed by atoms with van der Waals surface area (Å²) in [4.78, 5) is 39.4. The molecule has 0 radical (unpaired) electrons. The summed E-state index contributed by atoms with van der Waals surface area (Å²) in [6, 6.07) is 7.24. The van der Waals surface area contributed by atoms with Gasteiger partial charge in [-0.2, -0.15) is 0 Å². The number of aromatic nitrogens is 5. The molecular formula is C20H16N6O2S. The second-order valence-corrected chi connectivity index (χ2v) is 7.37. The number of H-pyrrole nitrogens is 2. The molecule has 9 heteroatoms. The Kier molecular flexibility index (Phi) is 4.21. The molecule has 1 amide bonds. The molecule has 0 aliphatic carbocycles. The number of imidazole rings is 1. The van der Waals surface area contributed by atoms with Crippen LogP contribution < -0.4 is 10.9 Å². The SMILES string of the molecule is O=C(NCCn1ccnc1)c1ccc2[nH]c(-c3nc4cscc4[nH]c3=O)cc2c1. The van der Waals surface area contributed by atoms with Gasteiger partial charge in [0.1, 0.15) is 0 Å². The first kappa shape index (κ1) is 17.4. The third kappa shape index (κ3) is 3.32. The summed E-state index contributed by atoms with van der Waals surface area (Å²) in [6.07, 6.45) is 5.26. The van der Waals surface area contributed by atoms with Crippen molar-refractivity contribution in [2.45, 2.75) is 6.54 Å². The van der Waals surface area contributed by atoms with Gasteiger partial charge in [-0.3, -0.25) is 9.59 Å². The van der Waals surface area contributed by atoms with Gasteiger partial charge in [-0.1, -0.05) is 0 Å². The molecule has 4 aromatic heterocycles. The van der Waals surface area contributed by atoms with Crippen molar-refractivity contribution < 1.29 is 4.79 Å². The normalized spacial score (nSPS) is 11.3. The van der Waals surface area contributed by atoms with Crippen molar-refractivity contribution >= 4 is 39.2 Å². The van der Waals surface area contributed by atoms with E-state index in [1.165, 1.54) is 11.3 Å². The van der Waals surface area contributed by atoms with E-state index < -0.39 is 0 Å². The van der Waals surface area contributed by atoms with E-state index in [0.29, 0.717) is 30.0 Å². The van der Waals surface area contributed by atoms with Crippen molar-refractivity contribution in [1.29, 1.82) is 0 Å². The molecule has 1 aromatic carbocycles. The molecule has 0 unspecified atom stereocenters. The molecule has 3 N–H and O–H groups in total. The fourth-order valence-electron chi connectivity index (χ4n) is 3.23. The minimum atomic E-state index is -0.250. The monoisotopic (exact) mass is 404 g/mol. The number of hydrogen-bond donors (Lipinski definition) is 3. The molecule has 29 heavy (non-hydrogen) atoms. The maximum atomic E-state index is 12.5. The smallest absolute Gasteiger partial charge is 0.276 e. The zero-order chi connectivity index (χ0) is 19.8. The van der Waals surface area contributed by atoms with E-state index in [2.05, 4.69) is 25.3 Å². The quantitative estimate of drug-likeness (QED) is 0.418. The van der Waals surface area contributed by atoms with Crippen LogP contribution in [0.25, 0.3) is 33.3 Å². The molecule has 0 spiro atoms. The lowest BCUT2D eigenvalue weighted by atomic mass is 10.1. The van der Waals surface area contributed by atoms with Gasteiger partial charge in [0.05, 0.1) is 23.1 Å². The predicted octanol–water partition coefficient (Wildman–Crippen LogP) is 2.76. The van der Waals surface area contributed by atoms with Crippen molar-refractivity contribution in [3.63, 3.8) is 0 Å². The average Bonchev–Trinajstić information content (AvgIpc) is 3.46. The van der Waals surface area contributed by atoms with Crippen LogP contribution in [0.5, 0.6) is 0 Å². The summed E-state index contributed by atoms with van der Waals surface area (Å²) < 4.78 is 1.90. The Morgan fingerprint density at radius 3 is 2.97 bits per heavy atom. The molecule has 5 rings (SSSR count). The Morgan fingerprint density at radius 1 is 1.17 bits per heavy atom. The van der Waals surface area contributed by atoms with E-state index in [1.807, 2.05) is 33.7 Å². The van der Waals surface area contributed by atoms with Gasteiger partial charge in [0, 0.05) is 52.7 Å². The first-order valence-electron chi connectivity index (χ1n) is 9.01. The van der Waals surface area contributed by atoms with E-state index in [1.54, 1.807) is 24.7 Å². The molecule has 144 valence electrons. The average molecular weight is 404 g/mol. The van der Waals surface area contributed by atoms with Crippen molar-refractivity contribution in [3.05, 3.63) is 69.7 Å². The first-order valence-corrected chi connectivity index (χ1v) is 9.95. The number of carbonyl (C=O) groups excluding carboxylic acids is 1. The molecule has 0 saturated carbocycles. The van der Waals surface area contributed by atoms with Gasteiger partial charge in [0.2, 0.25) is 0 Å². The number of fused-ring (bicyclic) bond motifs is 2. The van der Waals surface area contributed by atoms with Gasteiger partial charge in [0.25, 0.3) is 11.5 Å². The Hall–Kier alpha value is -3.72. The molecule has 0 fully saturated rings. The van der Waals surface area contributed by atoms with E-state index in [9.17, 15) is 9.59 Å². The van der Waals surface area contributed by atoms with Gasteiger partial charge < -0.3 is 19.9 Å². The van der Waals surface area contributed by atoms with Crippen molar-refractivity contribution in [1.82, 2.24) is 29.8 Å². The zero-order valence-electron chi connectivity index (χ0n) is 15.2. The zero-order valence-corrected chi connectivity index (χ0v) is 16.0. The predicted molar refractivity (Wildman–Crippen MR) is 112 cm³/mol. The number of carbonyl (C=O) groups is 1. The second kappa shape index (κ2) is 7.02. The lowest BCUT2D eigenvalue weighted by molar-refractivity contribution is 0.0952. The molecule has 0 aliphatic rings.